The molecule has 0 aliphatic heterocycles. The number of nitrogens with zero attached hydrogens (tertiary/aromatic N) is 4. The average molecular weight is 370 g/mol. The number of aromatic nitrogens is 4. The number of carbonyl (C=O) groups excluding carboxylic acids is 2. The summed E-state index contributed by atoms with van der Waals surface area (Å²) in [5.41, 5.74) is 0.592. The summed E-state index contributed by atoms with van der Waals surface area (Å²) >= 11 is 1.29. The predicted molar refractivity (Wildman–Crippen MR) is 92.3 cm³/mol. The van der Waals surface area contributed by atoms with Gasteiger partial charge in [-0.2, -0.15) is 0 Å². The number of allylic oxidation sites excluding steroid dienone is 2. The minimum absolute atomic E-state index is 0.0662. The highest BCUT2D eigenvalue weighted by Gasteiger charge is 2.38. The van der Waals surface area contributed by atoms with E-state index in [-0.39, 0.29) is 23.3 Å². The molecule has 1 N–H and O–H groups in total. The van der Waals surface area contributed by atoms with Gasteiger partial charge in [0, 0.05) is 5.69 Å². The first-order valence-corrected chi connectivity index (χ1v) is 9.29. The number of amides is 1. The number of carboxylic acid groups (broad SMARTS) is 1. The highest BCUT2D eigenvalue weighted by molar-refractivity contribution is 7.99. The van der Waals surface area contributed by atoms with Crippen LogP contribution >= 0.6 is 11.8 Å². The lowest BCUT2D eigenvalue weighted by molar-refractivity contribution is -0.255. The molecule has 1 heterocycles. The number of carboxylic acids is 1. The Balaban J connectivity index is 1.34. The topological polar surface area (TPSA) is 113 Å². The van der Waals surface area contributed by atoms with Gasteiger partial charge in [0.1, 0.15) is 0 Å². The van der Waals surface area contributed by atoms with E-state index in [9.17, 15) is 14.7 Å². The van der Waals surface area contributed by atoms with Crippen LogP contribution in [0.3, 0.4) is 0 Å². The van der Waals surface area contributed by atoms with Crippen molar-refractivity contribution in [2.45, 2.75) is 24.0 Å². The van der Waals surface area contributed by atoms with E-state index in [2.05, 4.69) is 33.0 Å². The lowest BCUT2D eigenvalue weighted by Crippen LogP contribution is -2.22. The molecule has 2 bridgehead atoms. The van der Waals surface area contributed by atoms with Crippen LogP contribution in [0.2, 0.25) is 0 Å². The number of tetrazole rings is 1. The maximum absolute atomic E-state index is 12.1. The summed E-state index contributed by atoms with van der Waals surface area (Å²) in [5.74, 6) is -0.211. The summed E-state index contributed by atoms with van der Waals surface area (Å²) in [6.45, 7) is 0. The molecule has 1 aromatic carbocycles. The van der Waals surface area contributed by atoms with E-state index in [0.29, 0.717) is 22.7 Å². The second kappa shape index (κ2) is 6.91. The molecule has 1 saturated carbocycles. The van der Waals surface area contributed by atoms with Gasteiger partial charge in [-0.1, -0.05) is 36.0 Å². The van der Waals surface area contributed by atoms with E-state index < -0.39 is 5.97 Å². The molecule has 3 atom stereocenters. The second-order valence-electron chi connectivity index (χ2n) is 6.46. The number of rotatable bonds is 6. The van der Waals surface area contributed by atoms with Gasteiger partial charge in [0.25, 0.3) is 0 Å². The number of hydrogen-bond acceptors (Lipinski definition) is 7. The van der Waals surface area contributed by atoms with Crippen LogP contribution in [-0.2, 0) is 4.79 Å². The van der Waals surface area contributed by atoms with Gasteiger partial charge in [0.2, 0.25) is 11.1 Å². The highest BCUT2D eigenvalue weighted by atomic mass is 32.2. The molecule has 0 saturated heterocycles. The van der Waals surface area contributed by atoms with Crippen molar-refractivity contribution in [2.24, 2.45) is 11.8 Å². The van der Waals surface area contributed by atoms with Crippen molar-refractivity contribution in [3.05, 3.63) is 42.0 Å². The van der Waals surface area contributed by atoms with Gasteiger partial charge < -0.3 is 15.2 Å². The Morgan fingerprint density at radius 3 is 2.69 bits per heavy atom. The van der Waals surface area contributed by atoms with Crippen LogP contribution in [0.25, 0.3) is 0 Å². The highest BCUT2D eigenvalue weighted by Crippen LogP contribution is 2.46. The van der Waals surface area contributed by atoms with Crippen molar-refractivity contribution in [3.63, 3.8) is 0 Å². The lowest BCUT2D eigenvalue weighted by atomic mass is 10.0. The van der Waals surface area contributed by atoms with Crippen molar-refractivity contribution in [1.29, 1.82) is 0 Å². The lowest BCUT2D eigenvalue weighted by Gasteiger charge is -2.18. The first-order valence-electron chi connectivity index (χ1n) is 8.30. The number of anilines is 1. The summed E-state index contributed by atoms with van der Waals surface area (Å²) in [5, 5.41) is 26.0. The molecule has 2 aliphatic rings. The Kier molecular flexibility index (Phi) is 4.46. The molecule has 2 aliphatic carbocycles. The zero-order valence-electron chi connectivity index (χ0n) is 13.7. The normalized spacial score (nSPS) is 23.3. The second-order valence-corrected chi connectivity index (χ2v) is 7.40. The Morgan fingerprint density at radius 1 is 1.23 bits per heavy atom. The molecule has 1 aromatic heterocycles. The molecule has 1 amide bonds. The maximum atomic E-state index is 12.1. The summed E-state index contributed by atoms with van der Waals surface area (Å²) in [7, 11) is 0. The number of hydrogen-bond donors (Lipinski definition) is 1. The standard InChI is InChI=1S/C17H17N5O3S/c23-15(18-13-5-3-11(4-6-13)16(24)25)9-26-17-19-20-21-22(17)14-8-10-1-2-12(14)7-10/h1-6,10,12,14H,7-9H2,(H,18,23)(H,24,25)/p-1/t10-,12+,14+/m1/s1. The zero-order chi connectivity index (χ0) is 18.1. The van der Waals surface area contributed by atoms with E-state index >= 15 is 0 Å². The van der Waals surface area contributed by atoms with Crippen molar-refractivity contribution >= 4 is 29.3 Å². The first kappa shape index (κ1) is 16.8. The van der Waals surface area contributed by atoms with Gasteiger partial charge in [-0.3, -0.25) is 4.79 Å². The van der Waals surface area contributed by atoms with Crippen LogP contribution in [0.4, 0.5) is 5.69 Å². The van der Waals surface area contributed by atoms with Crippen LogP contribution in [0.1, 0.15) is 29.2 Å². The van der Waals surface area contributed by atoms with Crippen LogP contribution in [0.5, 0.6) is 0 Å². The SMILES string of the molecule is O=C(CSc1nnnn1[C@H]1C[C@@H]2C=C[C@H]1C2)Nc1ccc(C(=O)[O-])cc1. The van der Waals surface area contributed by atoms with Crippen molar-refractivity contribution < 1.29 is 14.7 Å². The fraction of sp³-hybridized carbons (Fsp3) is 0.353. The zero-order valence-corrected chi connectivity index (χ0v) is 14.6. The first-order chi connectivity index (χ1) is 12.6. The largest absolute Gasteiger partial charge is 0.545 e. The molecular formula is C17H16N5O3S-. The summed E-state index contributed by atoms with van der Waals surface area (Å²) < 4.78 is 1.83. The Bertz CT molecular complexity index is 864. The number of benzene rings is 1. The fourth-order valence-corrected chi connectivity index (χ4v) is 4.27. The molecule has 1 fully saturated rings. The van der Waals surface area contributed by atoms with Crippen molar-refractivity contribution in [3.8, 4) is 0 Å². The van der Waals surface area contributed by atoms with Crippen LogP contribution < -0.4 is 10.4 Å². The fourth-order valence-electron chi connectivity index (χ4n) is 3.54. The van der Waals surface area contributed by atoms with Crippen LogP contribution in [0.15, 0.2) is 41.6 Å². The Hall–Kier alpha value is -2.68. The molecule has 2 aromatic rings. The molecule has 4 rings (SSSR count). The Labute approximate surface area is 153 Å². The van der Waals surface area contributed by atoms with Crippen molar-refractivity contribution in [2.75, 3.05) is 11.1 Å². The molecule has 0 spiro atoms. The van der Waals surface area contributed by atoms with Crippen molar-refractivity contribution in [1.82, 2.24) is 20.2 Å². The predicted octanol–water partition coefficient (Wildman–Crippen LogP) is 0.904. The monoisotopic (exact) mass is 370 g/mol. The maximum Gasteiger partial charge on any atom is 0.234 e. The van der Waals surface area contributed by atoms with Gasteiger partial charge in [-0.25, -0.2) is 4.68 Å². The van der Waals surface area contributed by atoms with E-state index in [1.807, 2.05) is 4.68 Å². The minimum atomic E-state index is -1.25. The molecule has 0 unspecified atom stereocenters. The van der Waals surface area contributed by atoms with Gasteiger partial charge in [0.05, 0.1) is 17.8 Å². The Morgan fingerprint density at radius 2 is 2.04 bits per heavy atom. The minimum Gasteiger partial charge on any atom is -0.545 e. The summed E-state index contributed by atoms with van der Waals surface area (Å²) in [4.78, 5) is 22.9. The third kappa shape index (κ3) is 3.34. The number of nitrogens with one attached hydrogen (secondary N) is 1. The van der Waals surface area contributed by atoms with Gasteiger partial charge in [0.15, 0.2) is 0 Å². The van der Waals surface area contributed by atoms with E-state index in [1.54, 1.807) is 0 Å². The number of fused-ring (bicyclic) bond motifs is 2. The number of carbonyl (C=O) groups is 2. The molecular weight excluding hydrogens is 354 g/mol. The van der Waals surface area contributed by atoms with E-state index in [4.69, 9.17) is 0 Å². The molecule has 8 nitrogen and oxygen atoms in total. The van der Waals surface area contributed by atoms with E-state index in [1.165, 1.54) is 36.0 Å². The summed E-state index contributed by atoms with van der Waals surface area (Å²) in [6.07, 6.45) is 6.68. The molecule has 134 valence electrons. The summed E-state index contributed by atoms with van der Waals surface area (Å²) in [6, 6.07) is 6.10. The molecule has 9 heteroatoms. The number of thioether (sulfide) groups is 1. The van der Waals surface area contributed by atoms with Gasteiger partial charge in [-0.05, 0) is 52.8 Å². The van der Waals surface area contributed by atoms with Crippen LogP contribution in [-0.4, -0.2) is 37.8 Å². The van der Waals surface area contributed by atoms with Gasteiger partial charge >= 0.3 is 0 Å². The quantitative estimate of drug-likeness (QED) is 0.594. The number of aromatic carboxylic acids is 1. The third-order valence-electron chi connectivity index (χ3n) is 4.76. The van der Waals surface area contributed by atoms with E-state index in [0.717, 1.165) is 12.8 Å². The molecule has 26 heavy (non-hydrogen) atoms. The average Bonchev–Trinajstić information content (AvgIpc) is 3.36. The van der Waals surface area contributed by atoms with Gasteiger partial charge in [-0.15, -0.1) is 5.10 Å². The third-order valence-corrected chi connectivity index (χ3v) is 5.69. The van der Waals surface area contributed by atoms with Crippen LogP contribution in [0, 0.1) is 11.8 Å². The smallest absolute Gasteiger partial charge is 0.234 e. The molecule has 0 radical (unpaired) electrons.